The largest absolute Gasteiger partial charge is 0.494 e. The van der Waals surface area contributed by atoms with Gasteiger partial charge in [0, 0.05) is 12.6 Å². The number of aromatic nitrogens is 1. The number of rotatable bonds is 4. The van der Waals surface area contributed by atoms with E-state index in [2.05, 4.69) is 10.3 Å². The maximum Gasteiger partial charge on any atom is 0.295 e. The lowest BCUT2D eigenvalue weighted by molar-refractivity contribution is 0.340. The fraction of sp³-hybridized carbons (Fsp3) is 0.308. The van der Waals surface area contributed by atoms with Crippen LogP contribution >= 0.6 is 0 Å². The molecule has 0 spiro atoms. The summed E-state index contributed by atoms with van der Waals surface area (Å²) in [6.07, 6.45) is 0. The monoisotopic (exact) mass is 232 g/mol. The molecule has 0 radical (unpaired) electrons. The van der Waals surface area contributed by atoms with Gasteiger partial charge in [-0.15, -0.1) is 0 Å². The van der Waals surface area contributed by atoms with Gasteiger partial charge >= 0.3 is 0 Å². The van der Waals surface area contributed by atoms with E-state index in [4.69, 9.17) is 9.15 Å². The molecule has 0 bridgehead atoms. The number of aryl methyl sites for hydroxylation is 1. The molecule has 0 aliphatic heterocycles. The molecule has 0 amide bonds. The lowest BCUT2D eigenvalue weighted by Gasteiger charge is -2.03. The molecular formula is C13H16N2O2. The van der Waals surface area contributed by atoms with Crippen LogP contribution in [0.4, 0.5) is 6.01 Å². The van der Waals surface area contributed by atoms with E-state index in [1.807, 2.05) is 38.1 Å². The van der Waals surface area contributed by atoms with Crippen molar-refractivity contribution in [1.82, 2.24) is 4.98 Å². The molecule has 0 saturated carbocycles. The van der Waals surface area contributed by atoms with E-state index in [0.29, 0.717) is 12.6 Å². The Morgan fingerprint density at radius 2 is 2.00 bits per heavy atom. The molecule has 1 N–H and O–H groups in total. The number of nitrogens with zero attached hydrogens (tertiary/aromatic N) is 1. The second-order valence-electron chi connectivity index (χ2n) is 3.63. The van der Waals surface area contributed by atoms with E-state index >= 15 is 0 Å². The third-order valence-corrected chi connectivity index (χ3v) is 2.45. The number of ether oxygens (including phenoxy) is 1. The Bertz CT molecular complexity index is 489. The number of benzene rings is 1. The molecular weight excluding hydrogens is 216 g/mol. The van der Waals surface area contributed by atoms with Crippen molar-refractivity contribution >= 4 is 6.01 Å². The summed E-state index contributed by atoms with van der Waals surface area (Å²) >= 11 is 0. The number of oxazole rings is 1. The van der Waals surface area contributed by atoms with Gasteiger partial charge in [-0.25, -0.2) is 0 Å². The van der Waals surface area contributed by atoms with Crippen LogP contribution in [-0.2, 0) is 0 Å². The van der Waals surface area contributed by atoms with Crippen molar-refractivity contribution in [3.05, 3.63) is 30.0 Å². The number of hydrogen-bond donors (Lipinski definition) is 1. The van der Waals surface area contributed by atoms with Crippen LogP contribution in [0.1, 0.15) is 12.7 Å². The SMILES string of the molecule is CCOc1ccc(-c2nc(NC)oc2C)cc1. The van der Waals surface area contributed by atoms with Crippen molar-refractivity contribution < 1.29 is 9.15 Å². The van der Waals surface area contributed by atoms with Crippen molar-refractivity contribution in [3.8, 4) is 17.0 Å². The molecule has 0 unspecified atom stereocenters. The maximum absolute atomic E-state index is 5.44. The van der Waals surface area contributed by atoms with Crippen LogP contribution in [0.15, 0.2) is 28.7 Å². The van der Waals surface area contributed by atoms with Gasteiger partial charge in [-0.1, -0.05) is 0 Å². The third kappa shape index (κ3) is 2.41. The summed E-state index contributed by atoms with van der Waals surface area (Å²) in [6, 6.07) is 8.37. The van der Waals surface area contributed by atoms with Crippen LogP contribution in [0.3, 0.4) is 0 Å². The van der Waals surface area contributed by atoms with Crippen molar-refractivity contribution in [2.75, 3.05) is 19.0 Å². The Morgan fingerprint density at radius 3 is 2.53 bits per heavy atom. The van der Waals surface area contributed by atoms with Crippen LogP contribution in [0, 0.1) is 6.92 Å². The third-order valence-electron chi connectivity index (χ3n) is 2.45. The van der Waals surface area contributed by atoms with Crippen molar-refractivity contribution in [2.45, 2.75) is 13.8 Å². The summed E-state index contributed by atoms with van der Waals surface area (Å²) in [4.78, 5) is 4.36. The number of anilines is 1. The topological polar surface area (TPSA) is 47.3 Å². The molecule has 4 nitrogen and oxygen atoms in total. The highest BCUT2D eigenvalue weighted by Gasteiger charge is 2.10. The first-order chi connectivity index (χ1) is 8.24. The van der Waals surface area contributed by atoms with Crippen LogP contribution in [0.2, 0.25) is 0 Å². The van der Waals surface area contributed by atoms with E-state index in [1.54, 1.807) is 7.05 Å². The summed E-state index contributed by atoms with van der Waals surface area (Å²) in [5.74, 6) is 1.67. The lowest BCUT2D eigenvalue weighted by atomic mass is 10.1. The first-order valence-corrected chi connectivity index (χ1v) is 5.63. The van der Waals surface area contributed by atoms with E-state index < -0.39 is 0 Å². The summed E-state index contributed by atoms with van der Waals surface area (Å²) in [7, 11) is 1.78. The smallest absolute Gasteiger partial charge is 0.295 e. The quantitative estimate of drug-likeness (QED) is 0.880. The summed E-state index contributed by atoms with van der Waals surface area (Å²) in [5, 5.41) is 2.89. The molecule has 0 fully saturated rings. The predicted molar refractivity (Wildman–Crippen MR) is 67.4 cm³/mol. The van der Waals surface area contributed by atoms with Gasteiger partial charge in [-0.2, -0.15) is 4.98 Å². The van der Waals surface area contributed by atoms with Gasteiger partial charge in [0.2, 0.25) is 0 Å². The van der Waals surface area contributed by atoms with Crippen LogP contribution < -0.4 is 10.1 Å². The minimum atomic E-state index is 0.534. The second-order valence-corrected chi connectivity index (χ2v) is 3.63. The van der Waals surface area contributed by atoms with Crippen molar-refractivity contribution in [1.29, 1.82) is 0 Å². The van der Waals surface area contributed by atoms with Gasteiger partial charge in [0.15, 0.2) is 0 Å². The number of hydrogen-bond acceptors (Lipinski definition) is 4. The number of nitrogens with one attached hydrogen (secondary N) is 1. The van der Waals surface area contributed by atoms with Crippen molar-refractivity contribution in [3.63, 3.8) is 0 Å². The van der Waals surface area contributed by atoms with Gasteiger partial charge in [0.25, 0.3) is 6.01 Å². The first-order valence-electron chi connectivity index (χ1n) is 5.63. The Morgan fingerprint density at radius 1 is 1.29 bits per heavy atom. The highest BCUT2D eigenvalue weighted by atomic mass is 16.5. The Balaban J connectivity index is 2.29. The molecule has 0 aliphatic carbocycles. The molecule has 90 valence electrons. The molecule has 0 saturated heterocycles. The van der Waals surface area contributed by atoms with Crippen molar-refractivity contribution in [2.24, 2.45) is 0 Å². The standard InChI is InChI=1S/C13H16N2O2/c1-4-16-11-7-5-10(6-8-11)12-9(2)17-13(14-3)15-12/h5-8H,4H2,1-3H3,(H,14,15). The van der Waals surface area contributed by atoms with Gasteiger partial charge in [0.1, 0.15) is 17.2 Å². The summed E-state index contributed by atoms with van der Waals surface area (Å²) in [6.45, 7) is 4.54. The molecule has 0 atom stereocenters. The van der Waals surface area contributed by atoms with Gasteiger partial charge in [0.05, 0.1) is 6.61 Å². The molecule has 4 heteroatoms. The fourth-order valence-electron chi connectivity index (χ4n) is 1.65. The maximum atomic E-state index is 5.44. The normalized spacial score (nSPS) is 10.3. The minimum absolute atomic E-state index is 0.534. The van der Waals surface area contributed by atoms with Crippen LogP contribution in [0.5, 0.6) is 5.75 Å². The molecule has 1 heterocycles. The zero-order chi connectivity index (χ0) is 12.3. The fourth-order valence-corrected chi connectivity index (χ4v) is 1.65. The first kappa shape index (κ1) is 11.5. The molecule has 0 aliphatic rings. The van der Waals surface area contributed by atoms with E-state index in [9.17, 15) is 0 Å². The Labute approximate surface area is 101 Å². The summed E-state index contributed by atoms with van der Waals surface area (Å²) in [5.41, 5.74) is 1.88. The van der Waals surface area contributed by atoms with Crippen LogP contribution in [-0.4, -0.2) is 18.6 Å². The average Bonchev–Trinajstić information content (AvgIpc) is 2.72. The zero-order valence-corrected chi connectivity index (χ0v) is 10.3. The predicted octanol–water partition coefficient (Wildman–Crippen LogP) is 3.09. The van der Waals surface area contributed by atoms with E-state index in [0.717, 1.165) is 22.8 Å². The highest BCUT2D eigenvalue weighted by Crippen LogP contribution is 2.26. The highest BCUT2D eigenvalue weighted by molar-refractivity contribution is 5.63. The van der Waals surface area contributed by atoms with Gasteiger partial charge < -0.3 is 14.5 Å². The lowest BCUT2D eigenvalue weighted by Crippen LogP contribution is -1.91. The van der Waals surface area contributed by atoms with Gasteiger partial charge in [-0.3, -0.25) is 0 Å². The van der Waals surface area contributed by atoms with E-state index in [-0.39, 0.29) is 0 Å². The Kier molecular flexibility index (Phi) is 3.32. The molecule has 17 heavy (non-hydrogen) atoms. The molecule has 2 aromatic rings. The average molecular weight is 232 g/mol. The zero-order valence-electron chi connectivity index (χ0n) is 10.3. The summed E-state index contributed by atoms with van der Waals surface area (Å²) < 4.78 is 10.8. The minimum Gasteiger partial charge on any atom is -0.494 e. The second kappa shape index (κ2) is 4.91. The van der Waals surface area contributed by atoms with E-state index in [1.165, 1.54) is 0 Å². The molecule has 1 aromatic heterocycles. The van der Waals surface area contributed by atoms with Crippen LogP contribution in [0.25, 0.3) is 11.3 Å². The molecule has 1 aromatic carbocycles. The van der Waals surface area contributed by atoms with Gasteiger partial charge in [-0.05, 0) is 38.1 Å². The Hall–Kier alpha value is -1.97. The molecule has 2 rings (SSSR count).